The van der Waals surface area contributed by atoms with E-state index < -0.39 is 0 Å². The van der Waals surface area contributed by atoms with Gasteiger partial charge in [-0.05, 0) is 86.4 Å². The molecule has 0 aliphatic heterocycles. The summed E-state index contributed by atoms with van der Waals surface area (Å²) in [5, 5.41) is 0. The maximum atomic E-state index is 12.7. The van der Waals surface area contributed by atoms with Gasteiger partial charge in [-0.2, -0.15) is 0 Å². The molecule has 4 rings (SSSR count). The number of ether oxygens (including phenoxy) is 1. The number of hydrogen-bond donors (Lipinski definition) is 0. The van der Waals surface area contributed by atoms with E-state index in [1.165, 1.54) is 51.4 Å². The molecule has 0 bridgehead atoms. The van der Waals surface area contributed by atoms with E-state index in [1.807, 2.05) is 0 Å². The fourth-order valence-corrected chi connectivity index (χ4v) is 8.58. The van der Waals surface area contributed by atoms with Gasteiger partial charge in [-0.15, -0.1) is 0 Å². The summed E-state index contributed by atoms with van der Waals surface area (Å²) in [6.45, 7) is 9.51. The predicted octanol–water partition coefficient (Wildman–Crippen LogP) is 7.51. The highest BCUT2D eigenvalue weighted by molar-refractivity contribution is 5.79. The smallest absolute Gasteiger partial charge is 0.306 e. The molecule has 0 saturated heterocycles. The van der Waals surface area contributed by atoms with E-state index in [4.69, 9.17) is 4.74 Å². The number of carbonyl (C=O) groups excluding carboxylic acids is 2. The minimum Gasteiger partial charge on any atom is -0.462 e. The molecule has 3 heteroatoms. The monoisotopic (exact) mass is 444 g/mol. The summed E-state index contributed by atoms with van der Waals surface area (Å²) in [6, 6.07) is 0. The molecule has 0 amide bonds. The molecular formula is C29H48O3. The third-order valence-electron chi connectivity index (χ3n) is 10.6. The summed E-state index contributed by atoms with van der Waals surface area (Å²) in [7, 11) is 0. The zero-order valence-electron chi connectivity index (χ0n) is 21.3. The highest BCUT2D eigenvalue weighted by atomic mass is 16.5. The van der Waals surface area contributed by atoms with Crippen molar-refractivity contribution in [1.82, 2.24) is 0 Å². The fraction of sp³-hybridized carbons (Fsp3) is 0.931. The first-order valence-electron chi connectivity index (χ1n) is 13.9. The Morgan fingerprint density at radius 2 is 1.69 bits per heavy atom. The molecule has 0 aromatic carbocycles. The lowest BCUT2D eigenvalue weighted by atomic mass is 9.45. The van der Waals surface area contributed by atoms with E-state index in [1.54, 1.807) is 0 Å². The molecule has 0 heterocycles. The van der Waals surface area contributed by atoms with Crippen LogP contribution < -0.4 is 0 Å². The van der Waals surface area contributed by atoms with Gasteiger partial charge in [0, 0.05) is 24.7 Å². The highest BCUT2D eigenvalue weighted by Gasteiger charge is 2.61. The number of hydrogen-bond acceptors (Lipinski definition) is 3. The van der Waals surface area contributed by atoms with Crippen molar-refractivity contribution in [3.05, 3.63) is 0 Å². The van der Waals surface area contributed by atoms with Gasteiger partial charge in [0.05, 0.1) is 0 Å². The van der Waals surface area contributed by atoms with Crippen LogP contribution in [0.1, 0.15) is 124 Å². The first kappa shape index (κ1) is 24.3. The summed E-state index contributed by atoms with van der Waals surface area (Å²) in [4.78, 5) is 24.8. The Bertz CT molecular complexity index is 684. The molecule has 3 nitrogen and oxygen atoms in total. The second kappa shape index (κ2) is 9.79. The van der Waals surface area contributed by atoms with Crippen LogP contribution in [-0.4, -0.2) is 17.9 Å². The van der Waals surface area contributed by atoms with Crippen LogP contribution >= 0.6 is 0 Å². The summed E-state index contributed by atoms with van der Waals surface area (Å²) in [5.74, 6) is 4.18. The molecule has 4 fully saturated rings. The van der Waals surface area contributed by atoms with Crippen LogP contribution in [0, 0.1) is 40.4 Å². The van der Waals surface area contributed by atoms with E-state index in [-0.39, 0.29) is 17.5 Å². The summed E-state index contributed by atoms with van der Waals surface area (Å²) < 4.78 is 6.17. The van der Waals surface area contributed by atoms with Crippen molar-refractivity contribution in [2.45, 2.75) is 130 Å². The average Bonchev–Trinajstić information content (AvgIpc) is 3.07. The molecule has 32 heavy (non-hydrogen) atoms. The number of rotatable bonds is 8. The van der Waals surface area contributed by atoms with Crippen LogP contribution in [0.2, 0.25) is 0 Å². The largest absolute Gasteiger partial charge is 0.462 e. The van der Waals surface area contributed by atoms with E-state index in [2.05, 4.69) is 27.7 Å². The topological polar surface area (TPSA) is 43.4 Å². The van der Waals surface area contributed by atoms with Crippen molar-refractivity contribution in [1.29, 1.82) is 0 Å². The van der Waals surface area contributed by atoms with Gasteiger partial charge < -0.3 is 4.74 Å². The lowest BCUT2D eigenvalue weighted by Gasteiger charge is -2.60. The van der Waals surface area contributed by atoms with Gasteiger partial charge in [0.15, 0.2) is 0 Å². The summed E-state index contributed by atoms with van der Waals surface area (Å²) in [5.41, 5.74) is 0.532. The Balaban J connectivity index is 1.30. The lowest BCUT2D eigenvalue weighted by molar-refractivity contribution is -0.164. The maximum Gasteiger partial charge on any atom is 0.306 e. The fourth-order valence-electron chi connectivity index (χ4n) is 8.58. The van der Waals surface area contributed by atoms with Crippen molar-refractivity contribution in [2.75, 3.05) is 0 Å². The predicted molar refractivity (Wildman–Crippen MR) is 129 cm³/mol. The molecule has 0 aromatic rings. The molecule has 4 saturated carbocycles. The molecule has 0 unspecified atom stereocenters. The third-order valence-corrected chi connectivity index (χ3v) is 10.6. The standard InChI is InChI=1S/C29H48O3/c1-20(2)9-7-5-6-8-10-27(31)32-26-14-13-24-23-12-11-21-19-22(30)15-17-28(21,3)25(23)16-18-29(24,26)4/h20-21,23-26H,5-19H2,1-4H3/t21-,23-,24-,25-,26-,28-,29-/m0/s1. The SMILES string of the molecule is CC(C)CCCCCCC(=O)O[C@H]1CC[C@H]2[C@@H]3CC[C@H]4CC(=O)CC[C@]4(C)[C@H]3CC[C@]12C. The normalized spacial score (nSPS) is 41.2. The minimum atomic E-state index is 0.0457. The molecule has 4 aliphatic carbocycles. The highest BCUT2D eigenvalue weighted by Crippen LogP contribution is 2.66. The number of unbranched alkanes of at least 4 members (excludes halogenated alkanes) is 3. The van der Waals surface area contributed by atoms with Gasteiger partial charge in [-0.3, -0.25) is 9.59 Å². The average molecular weight is 445 g/mol. The van der Waals surface area contributed by atoms with Crippen molar-refractivity contribution in [2.24, 2.45) is 40.4 Å². The molecule has 0 aromatic heterocycles. The number of carbonyl (C=O) groups is 2. The van der Waals surface area contributed by atoms with Crippen LogP contribution in [0.15, 0.2) is 0 Å². The van der Waals surface area contributed by atoms with Gasteiger partial charge in [-0.1, -0.05) is 53.4 Å². The first-order chi connectivity index (χ1) is 15.2. The van der Waals surface area contributed by atoms with E-state index in [0.717, 1.165) is 56.3 Å². The lowest BCUT2D eigenvalue weighted by Crippen LogP contribution is -2.54. The molecule has 4 aliphatic rings. The maximum absolute atomic E-state index is 12.7. The molecule has 0 N–H and O–H groups in total. The van der Waals surface area contributed by atoms with Crippen molar-refractivity contribution >= 4 is 11.8 Å². The molecule has 182 valence electrons. The third kappa shape index (κ3) is 4.69. The zero-order valence-corrected chi connectivity index (χ0v) is 21.3. The Labute approximate surface area is 196 Å². The Kier molecular flexibility index (Phi) is 7.42. The second-order valence-corrected chi connectivity index (χ2v) is 12.8. The van der Waals surface area contributed by atoms with Gasteiger partial charge in [0.2, 0.25) is 0 Å². The van der Waals surface area contributed by atoms with Crippen molar-refractivity contribution < 1.29 is 14.3 Å². The quantitative estimate of drug-likeness (QED) is 0.287. The van der Waals surface area contributed by atoms with Gasteiger partial charge in [-0.25, -0.2) is 0 Å². The number of esters is 1. The molecular weight excluding hydrogens is 396 g/mol. The summed E-state index contributed by atoms with van der Waals surface area (Å²) in [6.07, 6.45) is 16.7. The number of Topliss-reactive ketones (excluding diaryl/α,β-unsaturated/α-hetero) is 1. The zero-order chi connectivity index (χ0) is 22.9. The molecule has 7 atom stereocenters. The van der Waals surface area contributed by atoms with Crippen LogP contribution in [0.3, 0.4) is 0 Å². The second-order valence-electron chi connectivity index (χ2n) is 12.8. The summed E-state index contributed by atoms with van der Waals surface area (Å²) >= 11 is 0. The molecule has 0 radical (unpaired) electrons. The Morgan fingerprint density at radius 1 is 0.938 bits per heavy atom. The molecule has 0 spiro atoms. The van der Waals surface area contributed by atoms with E-state index in [0.29, 0.717) is 29.5 Å². The van der Waals surface area contributed by atoms with Gasteiger partial charge in [0.25, 0.3) is 0 Å². The van der Waals surface area contributed by atoms with E-state index >= 15 is 0 Å². The van der Waals surface area contributed by atoms with Crippen molar-refractivity contribution in [3.63, 3.8) is 0 Å². The number of ketones is 1. The van der Waals surface area contributed by atoms with Crippen molar-refractivity contribution in [3.8, 4) is 0 Å². The Morgan fingerprint density at radius 3 is 2.47 bits per heavy atom. The minimum absolute atomic E-state index is 0.0457. The van der Waals surface area contributed by atoms with Gasteiger partial charge in [0.1, 0.15) is 11.9 Å². The van der Waals surface area contributed by atoms with Crippen LogP contribution in [0.25, 0.3) is 0 Å². The number of fused-ring (bicyclic) bond motifs is 5. The van der Waals surface area contributed by atoms with E-state index in [9.17, 15) is 9.59 Å². The van der Waals surface area contributed by atoms with Crippen LogP contribution in [0.5, 0.6) is 0 Å². The van der Waals surface area contributed by atoms with Crippen LogP contribution in [-0.2, 0) is 14.3 Å². The first-order valence-corrected chi connectivity index (χ1v) is 13.9. The van der Waals surface area contributed by atoms with Crippen LogP contribution in [0.4, 0.5) is 0 Å². The Hall–Kier alpha value is -0.860. The van der Waals surface area contributed by atoms with Gasteiger partial charge >= 0.3 is 5.97 Å².